The maximum Gasteiger partial charge on any atom is 0.233 e. The van der Waals surface area contributed by atoms with Crippen LogP contribution in [0.15, 0.2) is 17.1 Å². The van der Waals surface area contributed by atoms with Crippen LogP contribution in [0.1, 0.15) is 26.7 Å². The first-order valence-electron chi connectivity index (χ1n) is 11.3. The molecule has 168 valence electrons. The van der Waals surface area contributed by atoms with Crippen LogP contribution in [-0.2, 0) is 14.3 Å². The second-order valence-corrected chi connectivity index (χ2v) is 8.64. The second-order valence-electron chi connectivity index (χ2n) is 8.64. The number of carbonyl (C=O) groups excluding carboxylic acids is 2. The van der Waals surface area contributed by atoms with E-state index >= 15 is 0 Å². The normalized spacial score (nSPS) is 28.6. The van der Waals surface area contributed by atoms with Gasteiger partial charge in [-0.05, 0) is 52.6 Å². The average Bonchev–Trinajstić information content (AvgIpc) is 3.39. The summed E-state index contributed by atoms with van der Waals surface area (Å²) in [5.41, 5.74) is 0. The van der Waals surface area contributed by atoms with Crippen LogP contribution in [0.2, 0.25) is 0 Å². The summed E-state index contributed by atoms with van der Waals surface area (Å²) in [6, 6.07) is 0. The average molecular weight is 420 g/mol. The summed E-state index contributed by atoms with van der Waals surface area (Å²) in [5, 5.41) is 6.50. The van der Waals surface area contributed by atoms with E-state index in [1.165, 1.54) is 4.90 Å². The molecule has 2 amide bonds. The van der Waals surface area contributed by atoms with Gasteiger partial charge >= 0.3 is 0 Å². The van der Waals surface area contributed by atoms with Gasteiger partial charge in [0.2, 0.25) is 11.8 Å². The molecule has 0 aromatic carbocycles. The Morgan fingerprint density at radius 3 is 2.43 bits per heavy atom. The van der Waals surface area contributed by atoms with E-state index < -0.39 is 0 Å². The number of nitrogens with zero attached hydrogens (tertiary/aromatic N) is 3. The van der Waals surface area contributed by atoms with Crippen LogP contribution in [0, 0.1) is 23.7 Å². The van der Waals surface area contributed by atoms with Crippen molar-refractivity contribution in [3.05, 3.63) is 12.2 Å². The van der Waals surface area contributed by atoms with Crippen LogP contribution in [0.4, 0.5) is 0 Å². The molecule has 2 aliphatic carbocycles. The van der Waals surface area contributed by atoms with Gasteiger partial charge in [-0.2, -0.15) is 0 Å². The summed E-state index contributed by atoms with van der Waals surface area (Å²) in [6.45, 7) is 7.80. The summed E-state index contributed by atoms with van der Waals surface area (Å²) in [5.74, 6) is 0.956. The molecule has 8 heteroatoms. The van der Waals surface area contributed by atoms with Crippen LogP contribution < -0.4 is 10.6 Å². The van der Waals surface area contributed by atoms with Crippen molar-refractivity contribution in [3.63, 3.8) is 0 Å². The zero-order valence-corrected chi connectivity index (χ0v) is 18.8. The molecule has 1 aliphatic heterocycles. The Morgan fingerprint density at radius 1 is 1.20 bits per heavy atom. The highest BCUT2D eigenvalue weighted by Crippen LogP contribution is 2.52. The maximum absolute atomic E-state index is 12.8. The largest absolute Gasteiger partial charge is 0.377 e. The van der Waals surface area contributed by atoms with Gasteiger partial charge in [0.25, 0.3) is 0 Å². The summed E-state index contributed by atoms with van der Waals surface area (Å²) < 4.78 is 5.81. The minimum Gasteiger partial charge on any atom is -0.377 e. The monoisotopic (exact) mass is 419 g/mol. The van der Waals surface area contributed by atoms with Crippen LogP contribution in [0.25, 0.3) is 0 Å². The minimum absolute atomic E-state index is 0.00526. The van der Waals surface area contributed by atoms with Crippen molar-refractivity contribution in [2.24, 2.45) is 28.7 Å². The van der Waals surface area contributed by atoms with Crippen molar-refractivity contribution in [1.82, 2.24) is 20.4 Å². The molecule has 30 heavy (non-hydrogen) atoms. The molecule has 5 unspecified atom stereocenters. The smallest absolute Gasteiger partial charge is 0.233 e. The number of likely N-dealkylation sites (tertiary alicyclic amines) is 1. The maximum atomic E-state index is 12.8. The number of hydrogen-bond acceptors (Lipinski definition) is 5. The van der Waals surface area contributed by atoms with Crippen molar-refractivity contribution in [2.45, 2.75) is 32.8 Å². The Kier molecular flexibility index (Phi) is 7.88. The van der Waals surface area contributed by atoms with Gasteiger partial charge in [0.05, 0.1) is 24.5 Å². The molecule has 5 atom stereocenters. The van der Waals surface area contributed by atoms with E-state index in [2.05, 4.69) is 46.8 Å². The Morgan fingerprint density at radius 2 is 1.87 bits per heavy atom. The van der Waals surface area contributed by atoms with E-state index in [1.807, 2.05) is 13.8 Å². The lowest BCUT2D eigenvalue weighted by atomic mass is 9.85. The Hall–Kier alpha value is -1.93. The molecule has 1 saturated heterocycles. The topological polar surface area (TPSA) is 86.3 Å². The predicted molar refractivity (Wildman–Crippen MR) is 117 cm³/mol. The number of fused-ring (bicyclic) bond motifs is 5. The Balaban J connectivity index is 1.50. The quantitative estimate of drug-likeness (QED) is 0.222. The number of ether oxygens (including phenoxy) is 1. The number of rotatable bonds is 11. The summed E-state index contributed by atoms with van der Waals surface area (Å²) >= 11 is 0. The lowest BCUT2D eigenvalue weighted by molar-refractivity contribution is -0.140. The molecule has 2 bridgehead atoms. The summed E-state index contributed by atoms with van der Waals surface area (Å²) in [7, 11) is 4.10. The Labute approximate surface area is 180 Å². The number of nitrogens with one attached hydrogen (secondary N) is 2. The van der Waals surface area contributed by atoms with Crippen molar-refractivity contribution >= 4 is 17.8 Å². The van der Waals surface area contributed by atoms with Gasteiger partial charge in [0.15, 0.2) is 5.96 Å². The van der Waals surface area contributed by atoms with E-state index in [0.717, 1.165) is 25.9 Å². The van der Waals surface area contributed by atoms with E-state index in [1.54, 1.807) is 0 Å². The lowest BCUT2D eigenvalue weighted by Gasteiger charge is -2.20. The minimum atomic E-state index is -0.127. The number of hydrogen-bond donors (Lipinski definition) is 2. The molecule has 2 fully saturated rings. The van der Waals surface area contributed by atoms with Gasteiger partial charge in [-0.15, -0.1) is 0 Å². The SMILES string of the molecule is CCNC(=NCC(CCN(C)C)OCC)NCCN1C(=O)C2C3C=CC(C3)C2C1=O. The molecule has 0 aromatic heterocycles. The molecule has 0 radical (unpaired) electrons. The van der Waals surface area contributed by atoms with Crippen LogP contribution in [0.3, 0.4) is 0 Å². The molecule has 1 saturated carbocycles. The Bertz CT molecular complexity index is 648. The fourth-order valence-electron chi connectivity index (χ4n) is 4.87. The standard InChI is InChI=1S/C22H37N5O3/c1-5-23-22(25-14-17(30-6-2)9-11-26(3)4)24-10-12-27-20(28)18-15-7-8-16(13-15)19(18)21(27)29/h7-8,15-19H,5-6,9-14H2,1-4H3,(H2,23,24,25). The van der Waals surface area contributed by atoms with Gasteiger partial charge in [-0.1, -0.05) is 12.2 Å². The molecule has 2 N–H and O–H groups in total. The summed E-state index contributed by atoms with van der Waals surface area (Å²) in [6.07, 6.45) is 6.20. The van der Waals surface area contributed by atoms with Crippen LogP contribution in [0.5, 0.6) is 0 Å². The van der Waals surface area contributed by atoms with E-state index in [9.17, 15) is 9.59 Å². The van der Waals surface area contributed by atoms with Crippen molar-refractivity contribution in [1.29, 1.82) is 0 Å². The molecular formula is C22H37N5O3. The number of allylic oxidation sites excluding steroid dienone is 2. The molecule has 3 rings (SSSR count). The molecule has 3 aliphatic rings. The zero-order valence-electron chi connectivity index (χ0n) is 18.8. The highest BCUT2D eigenvalue weighted by molar-refractivity contribution is 6.06. The first kappa shape index (κ1) is 22.7. The third kappa shape index (κ3) is 5.03. The fraction of sp³-hybridized carbons (Fsp3) is 0.773. The van der Waals surface area contributed by atoms with Gasteiger partial charge in [0.1, 0.15) is 0 Å². The molecular weight excluding hydrogens is 382 g/mol. The molecule has 0 aromatic rings. The van der Waals surface area contributed by atoms with E-state index in [-0.39, 0.29) is 41.6 Å². The van der Waals surface area contributed by atoms with E-state index in [4.69, 9.17) is 4.74 Å². The second kappa shape index (κ2) is 10.4. The van der Waals surface area contributed by atoms with Crippen molar-refractivity contribution in [2.75, 3.05) is 53.4 Å². The molecule has 1 heterocycles. The first-order valence-corrected chi connectivity index (χ1v) is 11.3. The van der Waals surface area contributed by atoms with Gasteiger partial charge in [0, 0.05) is 32.8 Å². The van der Waals surface area contributed by atoms with Crippen LogP contribution in [-0.4, -0.2) is 87.1 Å². The van der Waals surface area contributed by atoms with Crippen molar-refractivity contribution < 1.29 is 14.3 Å². The number of amides is 2. The number of guanidine groups is 1. The zero-order chi connectivity index (χ0) is 21.7. The first-order chi connectivity index (χ1) is 14.5. The molecule has 0 spiro atoms. The molecule has 8 nitrogen and oxygen atoms in total. The predicted octanol–water partition coefficient (Wildman–Crippen LogP) is 0.705. The van der Waals surface area contributed by atoms with Crippen LogP contribution >= 0.6 is 0 Å². The van der Waals surface area contributed by atoms with Gasteiger partial charge in [-0.25, -0.2) is 0 Å². The lowest BCUT2D eigenvalue weighted by Crippen LogP contribution is -2.44. The van der Waals surface area contributed by atoms with Gasteiger partial charge < -0.3 is 20.3 Å². The summed E-state index contributed by atoms with van der Waals surface area (Å²) in [4.78, 5) is 33.8. The fourth-order valence-corrected chi connectivity index (χ4v) is 4.87. The number of aliphatic imine (C=N–C) groups is 1. The number of imide groups is 1. The van der Waals surface area contributed by atoms with E-state index in [0.29, 0.717) is 32.2 Å². The highest BCUT2D eigenvalue weighted by Gasteiger charge is 2.58. The number of carbonyl (C=O) groups is 2. The highest BCUT2D eigenvalue weighted by atomic mass is 16.5. The van der Waals surface area contributed by atoms with Gasteiger partial charge in [-0.3, -0.25) is 19.5 Å². The third-order valence-electron chi connectivity index (χ3n) is 6.29. The third-order valence-corrected chi connectivity index (χ3v) is 6.29. The van der Waals surface area contributed by atoms with Crippen molar-refractivity contribution in [3.8, 4) is 0 Å².